The van der Waals surface area contributed by atoms with Gasteiger partial charge < -0.3 is 0 Å². The van der Waals surface area contributed by atoms with Crippen LogP contribution < -0.4 is 0 Å². The molecule has 2 aliphatic carbocycles. The first-order valence-electron chi connectivity index (χ1n) is 12.2. The van der Waals surface area contributed by atoms with Crippen LogP contribution in [-0.2, 0) is 5.41 Å². The van der Waals surface area contributed by atoms with Crippen LogP contribution in [0.3, 0.4) is 0 Å². The molecule has 0 aliphatic heterocycles. The molecule has 4 aromatic carbocycles. The van der Waals surface area contributed by atoms with Gasteiger partial charge in [-0.2, -0.15) is 0 Å². The molecule has 0 radical (unpaired) electrons. The molecule has 6 rings (SSSR count). The molecule has 0 aromatic heterocycles. The van der Waals surface area contributed by atoms with Crippen molar-refractivity contribution in [3.63, 3.8) is 0 Å². The predicted molar refractivity (Wildman–Crippen MR) is 142 cm³/mol. The summed E-state index contributed by atoms with van der Waals surface area (Å²) in [4.78, 5) is 0. The Morgan fingerprint density at radius 3 is 1.19 bits per heavy atom. The van der Waals surface area contributed by atoms with Crippen LogP contribution in [0.4, 0.5) is 0 Å². The molecule has 0 heteroatoms. The first kappa shape index (κ1) is 23.5. The molecule has 0 bridgehead atoms. The van der Waals surface area contributed by atoms with E-state index in [0.29, 0.717) is 0 Å². The zero-order valence-electron chi connectivity index (χ0n) is 20.7. The van der Waals surface area contributed by atoms with E-state index < -0.39 is 0 Å². The van der Waals surface area contributed by atoms with Crippen LogP contribution in [0.25, 0.3) is 22.3 Å². The minimum Gasteiger partial charge on any atom is -0.0683 e. The van der Waals surface area contributed by atoms with Gasteiger partial charge in [0.15, 0.2) is 0 Å². The topological polar surface area (TPSA) is 0 Å². The molecule has 1 spiro atoms. The van der Waals surface area contributed by atoms with Gasteiger partial charge in [0, 0.05) is 0 Å². The molecule has 0 amide bonds. The zero-order valence-corrected chi connectivity index (χ0v) is 20.7. The summed E-state index contributed by atoms with van der Waals surface area (Å²) < 4.78 is 0. The van der Waals surface area contributed by atoms with Crippen LogP contribution in [0.5, 0.6) is 0 Å². The highest BCUT2D eigenvalue weighted by Crippen LogP contribution is 2.62. The minimum atomic E-state index is -0.188. The quantitative estimate of drug-likeness (QED) is 0.229. The smallest absolute Gasteiger partial charge is 0.0683 e. The number of hydrogen-bond acceptors (Lipinski definition) is 0. The average Bonchev–Trinajstić information content (AvgIpc) is 3.35. The standard InChI is InChI=1S/C26H18.3C2H6/c1-17-14-15-25-21(16-17)20-10-4-7-13-24(20)26(25)22-11-5-2-8-18(22)19-9-3-6-12-23(19)26;3*1-2/h2-16H,1H3;3*1-2H3. The summed E-state index contributed by atoms with van der Waals surface area (Å²) in [6, 6.07) is 33.8. The Bertz CT molecular complexity index is 1150. The van der Waals surface area contributed by atoms with Gasteiger partial charge in [-0.1, -0.05) is 138 Å². The third kappa shape index (κ3) is 3.21. The molecule has 0 heterocycles. The second kappa shape index (κ2) is 10.0. The van der Waals surface area contributed by atoms with Crippen LogP contribution in [0.15, 0.2) is 91.0 Å². The Hall–Kier alpha value is -3.12. The molecule has 4 aromatic rings. The largest absolute Gasteiger partial charge is 0.0725 e. The Morgan fingerprint density at radius 2 is 0.750 bits per heavy atom. The summed E-state index contributed by atoms with van der Waals surface area (Å²) in [7, 11) is 0. The second-order valence-electron chi connectivity index (χ2n) is 7.44. The lowest BCUT2D eigenvalue weighted by Gasteiger charge is -2.30. The lowest BCUT2D eigenvalue weighted by Crippen LogP contribution is -2.25. The molecule has 0 fully saturated rings. The molecule has 164 valence electrons. The third-order valence-electron chi connectivity index (χ3n) is 6.15. The van der Waals surface area contributed by atoms with Crippen LogP contribution in [0.2, 0.25) is 0 Å². The van der Waals surface area contributed by atoms with Gasteiger partial charge in [0.2, 0.25) is 0 Å². The Balaban J connectivity index is 0.000000448. The normalized spacial score (nSPS) is 12.5. The molecule has 0 nitrogen and oxygen atoms in total. The van der Waals surface area contributed by atoms with Crippen LogP contribution in [0, 0.1) is 6.92 Å². The van der Waals surface area contributed by atoms with Crippen molar-refractivity contribution >= 4 is 0 Å². The summed E-state index contributed by atoms with van der Waals surface area (Å²) in [6.07, 6.45) is 0. The van der Waals surface area contributed by atoms with E-state index in [1.807, 2.05) is 41.5 Å². The van der Waals surface area contributed by atoms with E-state index in [-0.39, 0.29) is 5.41 Å². The number of hydrogen-bond donors (Lipinski definition) is 0. The van der Waals surface area contributed by atoms with Crippen molar-refractivity contribution in [2.75, 3.05) is 0 Å². The van der Waals surface area contributed by atoms with Gasteiger partial charge in [0.05, 0.1) is 5.41 Å². The van der Waals surface area contributed by atoms with Crippen molar-refractivity contribution in [3.05, 3.63) is 119 Å². The Morgan fingerprint density at radius 1 is 0.406 bits per heavy atom. The summed E-state index contributed by atoms with van der Waals surface area (Å²) >= 11 is 0. The molecule has 0 saturated carbocycles. The summed E-state index contributed by atoms with van der Waals surface area (Å²) in [6.45, 7) is 14.2. The lowest BCUT2D eigenvalue weighted by atomic mass is 9.70. The molecular weight excluding hydrogens is 384 g/mol. The molecular formula is C32H36. The maximum atomic E-state index is 2.35. The molecule has 0 unspecified atom stereocenters. The van der Waals surface area contributed by atoms with Gasteiger partial charge in [-0.3, -0.25) is 0 Å². The van der Waals surface area contributed by atoms with Crippen LogP contribution in [0.1, 0.15) is 69.4 Å². The lowest BCUT2D eigenvalue weighted by molar-refractivity contribution is 0.793. The van der Waals surface area contributed by atoms with Gasteiger partial charge in [0.25, 0.3) is 0 Å². The summed E-state index contributed by atoms with van der Waals surface area (Å²) in [5, 5.41) is 0. The van der Waals surface area contributed by atoms with E-state index >= 15 is 0 Å². The monoisotopic (exact) mass is 420 g/mol. The zero-order chi connectivity index (χ0) is 23.3. The minimum absolute atomic E-state index is 0.188. The average molecular weight is 421 g/mol. The van der Waals surface area contributed by atoms with Crippen molar-refractivity contribution in [2.45, 2.75) is 53.9 Å². The van der Waals surface area contributed by atoms with Crippen molar-refractivity contribution in [3.8, 4) is 22.3 Å². The molecule has 0 saturated heterocycles. The highest BCUT2D eigenvalue weighted by atomic mass is 14.5. The highest BCUT2D eigenvalue weighted by Gasteiger charge is 2.51. The molecule has 2 aliphatic rings. The Kier molecular flexibility index (Phi) is 7.36. The van der Waals surface area contributed by atoms with E-state index in [1.165, 1.54) is 50.1 Å². The second-order valence-corrected chi connectivity index (χ2v) is 7.44. The number of benzene rings is 4. The summed E-state index contributed by atoms with van der Waals surface area (Å²) in [5.41, 5.74) is 12.3. The number of rotatable bonds is 0. The fourth-order valence-corrected chi connectivity index (χ4v) is 5.21. The van der Waals surface area contributed by atoms with E-state index in [1.54, 1.807) is 0 Å². The predicted octanol–water partition coefficient (Wildman–Crippen LogP) is 9.42. The highest BCUT2D eigenvalue weighted by molar-refractivity contribution is 5.94. The van der Waals surface area contributed by atoms with Gasteiger partial charge >= 0.3 is 0 Å². The van der Waals surface area contributed by atoms with Crippen molar-refractivity contribution < 1.29 is 0 Å². The summed E-state index contributed by atoms with van der Waals surface area (Å²) in [5.74, 6) is 0. The van der Waals surface area contributed by atoms with Crippen LogP contribution >= 0.6 is 0 Å². The first-order valence-corrected chi connectivity index (χ1v) is 12.2. The van der Waals surface area contributed by atoms with Gasteiger partial charge in [-0.15, -0.1) is 0 Å². The molecule has 0 N–H and O–H groups in total. The maximum Gasteiger partial charge on any atom is 0.0725 e. The number of aryl methyl sites for hydroxylation is 1. The van der Waals surface area contributed by atoms with E-state index in [4.69, 9.17) is 0 Å². The van der Waals surface area contributed by atoms with E-state index in [2.05, 4.69) is 97.9 Å². The van der Waals surface area contributed by atoms with Crippen molar-refractivity contribution in [1.29, 1.82) is 0 Å². The maximum absolute atomic E-state index is 2.35. The third-order valence-corrected chi connectivity index (χ3v) is 6.15. The molecule has 0 atom stereocenters. The van der Waals surface area contributed by atoms with Gasteiger partial charge in [-0.25, -0.2) is 0 Å². The van der Waals surface area contributed by atoms with Crippen molar-refractivity contribution in [1.82, 2.24) is 0 Å². The molecule has 32 heavy (non-hydrogen) atoms. The fraction of sp³-hybridized carbons (Fsp3) is 0.250. The van der Waals surface area contributed by atoms with E-state index in [9.17, 15) is 0 Å². The SMILES string of the molecule is CC.CC.CC.Cc1ccc2c(c1)-c1ccccc1C21c2ccccc2-c2ccccc21. The number of fused-ring (bicyclic) bond motifs is 10. The van der Waals surface area contributed by atoms with Crippen molar-refractivity contribution in [2.24, 2.45) is 0 Å². The van der Waals surface area contributed by atoms with Gasteiger partial charge in [-0.05, 0) is 51.4 Å². The van der Waals surface area contributed by atoms with Gasteiger partial charge in [0.1, 0.15) is 0 Å². The van der Waals surface area contributed by atoms with Crippen LogP contribution in [-0.4, -0.2) is 0 Å². The van der Waals surface area contributed by atoms with E-state index in [0.717, 1.165) is 0 Å². The fourth-order valence-electron chi connectivity index (χ4n) is 5.21. The first-order chi connectivity index (χ1) is 15.8. The Labute approximate surface area is 195 Å².